The van der Waals surface area contributed by atoms with E-state index in [0.29, 0.717) is 0 Å². The highest BCUT2D eigenvalue weighted by atomic mass is 127. The van der Waals surface area contributed by atoms with Crippen LogP contribution in [0.3, 0.4) is 0 Å². The molecule has 6 rings (SSSR count). The lowest BCUT2D eigenvalue weighted by Crippen LogP contribution is -1.98. The number of nitrogens with zero attached hydrogens (tertiary/aromatic N) is 3. The molecule has 0 bridgehead atoms. The Kier molecular flexibility index (Phi) is 3.74. The van der Waals surface area contributed by atoms with Gasteiger partial charge in [0.25, 0.3) is 0 Å². The fourth-order valence-electron chi connectivity index (χ4n) is 4.19. The summed E-state index contributed by atoms with van der Waals surface area (Å²) in [6.45, 7) is 0. The first kappa shape index (κ1) is 16.8. The van der Waals surface area contributed by atoms with Crippen LogP contribution in [0, 0.1) is 3.83 Å². The zero-order valence-corrected chi connectivity index (χ0v) is 17.6. The highest BCUT2D eigenvalue weighted by molar-refractivity contribution is 14.1. The van der Waals surface area contributed by atoms with Crippen molar-refractivity contribution in [2.24, 2.45) is 0 Å². The van der Waals surface area contributed by atoms with Gasteiger partial charge in [-0.15, -0.1) is 0 Å². The molecule has 4 aromatic carbocycles. The fraction of sp³-hybridized carbons (Fsp3) is 0. The number of hydrogen-bond acceptors (Lipinski definition) is 1. The Hall–Kier alpha value is -3.12. The summed E-state index contributed by atoms with van der Waals surface area (Å²) < 4.78 is 5.50. The molecule has 4 heteroatoms. The first-order valence-electron chi connectivity index (χ1n) is 9.53. The lowest BCUT2D eigenvalue weighted by atomic mass is 10.2. The molecule has 138 valence electrons. The van der Waals surface area contributed by atoms with Crippen molar-refractivity contribution in [3.63, 3.8) is 0 Å². The molecule has 0 N–H and O–H groups in total. The molecular formula is C25H16IN3. The maximum atomic E-state index is 4.69. The Balaban J connectivity index is 1.56. The van der Waals surface area contributed by atoms with Gasteiger partial charge in [0.05, 0.1) is 22.1 Å². The Bertz CT molecular complexity index is 1450. The zero-order valence-electron chi connectivity index (χ0n) is 15.5. The smallest absolute Gasteiger partial charge is 0.177 e. The minimum atomic E-state index is 0.966. The highest BCUT2D eigenvalue weighted by Crippen LogP contribution is 2.32. The molecule has 2 heterocycles. The maximum Gasteiger partial charge on any atom is 0.177 e. The average Bonchev–Trinajstić information content (AvgIpc) is 3.28. The zero-order chi connectivity index (χ0) is 19.4. The third-order valence-corrected chi connectivity index (χ3v) is 6.19. The van der Waals surface area contributed by atoms with E-state index < -0.39 is 0 Å². The van der Waals surface area contributed by atoms with E-state index in [1.807, 2.05) is 6.07 Å². The van der Waals surface area contributed by atoms with Gasteiger partial charge in [0.2, 0.25) is 0 Å². The lowest BCUT2D eigenvalue weighted by molar-refractivity contribution is 1.04. The van der Waals surface area contributed by atoms with Crippen molar-refractivity contribution in [3.8, 4) is 11.4 Å². The van der Waals surface area contributed by atoms with E-state index in [4.69, 9.17) is 0 Å². The monoisotopic (exact) mass is 485 g/mol. The molecule has 0 aliphatic carbocycles. The van der Waals surface area contributed by atoms with Crippen molar-refractivity contribution in [2.45, 2.75) is 0 Å². The average molecular weight is 485 g/mol. The van der Waals surface area contributed by atoms with Gasteiger partial charge in [-0.1, -0.05) is 48.5 Å². The molecule has 0 aliphatic heterocycles. The second-order valence-corrected chi connectivity index (χ2v) is 8.06. The summed E-state index contributed by atoms with van der Waals surface area (Å²) in [5, 5.41) is 2.56. The molecule has 3 nitrogen and oxygen atoms in total. The van der Waals surface area contributed by atoms with E-state index in [9.17, 15) is 0 Å². The molecule has 0 saturated heterocycles. The van der Waals surface area contributed by atoms with Crippen LogP contribution in [0.15, 0.2) is 97.1 Å². The van der Waals surface area contributed by atoms with E-state index in [-0.39, 0.29) is 0 Å². The van der Waals surface area contributed by atoms with Crippen LogP contribution in [0.25, 0.3) is 44.2 Å². The van der Waals surface area contributed by atoms with Crippen molar-refractivity contribution < 1.29 is 0 Å². The highest BCUT2D eigenvalue weighted by Gasteiger charge is 2.13. The number of rotatable bonds is 2. The summed E-state index contributed by atoms with van der Waals surface area (Å²) in [5.74, 6) is 0. The van der Waals surface area contributed by atoms with Crippen LogP contribution in [0.5, 0.6) is 0 Å². The molecule has 0 radical (unpaired) electrons. The number of hydrogen-bond donors (Lipinski definition) is 0. The third kappa shape index (κ3) is 2.52. The second kappa shape index (κ2) is 6.46. The Morgan fingerprint density at radius 1 is 0.517 bits per heavy atom. The summed E-state index contributed by atoms with van der Waals surface area (Å²) in [7, 11) is 0. The molecule has 0 aliphatic rings. The van der Waals surface area contributed by atoms with Gasteiger partial charge >= 0.3 is 0 Å². The number of aromatic nitrogens is 3. The van der Waals surface area contributed by atoms with Gasteiger partial charge in [-0.2, -0.15) is 0 Å². The first-order valence-corrected chi connectivity index (χ1v) is 10.6. The van der Waals surface area contributed by atoms with Crippen LogP contribution < -0.4 is 0 Å². The number of imidazole rings is 1. The summed E-state index contributed by atoms with van der Waals surface area (Å²) in [6, 6.07) is 34.2. The van der Waals surface area contributed by atoms with Crippen LogP contribution in [0.2, 0.25) is 0 Å². The van der Waals surface area contributed by atoms with E-state index in [0.717, 1.165) is 26.2 Å². The van der Waals surface area contributed by atoms with Gasteiger partial charge in [0.15, 0.2) is 3.83 Å². The molecule has 0 fully saturated rings. The van der Waals surface area contributed by atoms with Gasteiger partial charge in [-0.25, -0.2) is 4.98 Å². The number of para-hydroxylation sites is 4. The molecule has 6 aromatic rings. The van der Waals surface area contributed by atoms with Gasteiger partial charge in [0.1, 0.15) is 0 Å². The predicted molar refractivity (Wildman–Crippen MR) is 128 cm³/mol. The standard InChI is InChI=1S/C25H16IN3/c26-25-27-21-9-3-6-12-24(21)29(25)18-15-13-17(14-16-18)28-22-10-4-1-7-19(22)20-8-2-5-11-23(20)28/h1-16H. The topological polar surface area (TPSA) is 22.8 Å². The van der Waals surface area contributed by atoms with Crippen molar-refractivity contribution >= 4 is 55.4 Å². The van der Waals surface area contributed by atoms with Crippen LogP contribution in [0.4, 0.5) is 0 Å². The van der Waals surface area contributed by atoms with E-state index in [1.165, 1.54) is 21.8 Å². The fourth-order valence-corrected chi connectivity index (χ4v) is 4.99. The molecule has 29 heavy (non-hydrogen) atoms. The molecule has 0 atom stereocenters. The number of halogens is 1. The SMILES string of the molecule is Ic1nc2ccccc2n1-c1ccc(-n2c3ccccc3c3ccccc32)cc1. The lowest BCUT2D eigenvalue weighted by Gasteiger charge is -2.11. The molecule has 0 spiro atoms. The molecule has 0 unspecified atom stereocenters. The number of benzene rings is 4. The van der Waals surface area contributed by atoms with Crippen molar-refractivity contribution in [2.75, 3.05) is 0 Å². The summed E-state index contributed by atoms with van der Waals surface area (Å²) in [4.78, 5) is 4.69. The van der Waals surface area contributed by atoms with Gasteiger partial charge in [0, 0.05) is 44.7 Å². The largest absolute Gasteiger partial charge is 0.309 e. The maximum absolute atomic E-state index is 4.69. The van der Waals surface area contributed by atoms with Crippen LogP contribution >= 0.6 is 22.6 Å². The van der Waals surface area contributed by atoms with Gasteiger partial charge in [-0.05, 0) is 48.5 Å². The second-order valence-electron chi connectivity index (χ2n) is 7.09. The quantitative estimate of drug-likeness (QED) is 0.250. The minimum absolute atomic E-state index is 0.966. The first-order chi connectivity index (χ1) is 14.3. The summed E-state index contributed by atoms with van der Waals surface area (Å²) >= 11 is 2.31. The van der Waals surface area contributed by atoms with E-state index in [2.05, 4.69) is 128 Å². The summed E-state index contributed by atoms with van der Waals surface area (Å²) in [6.07, 6.45) is 0. The third-order valence-electron chi connectivity index (χ3n) is 5.47. The molecular weight excluding hydrogens is 469 g/mol. The Morgan fingerprint density at radius 2 is 1.00 bits per heavy atom. The van der Waals surface area contributed by atoms with Crippen LogP contribution in [0.1, 0.15) is 0 Å². The summed E-state index contributed by atoms with van der Waals surface area (Å²) in [5.41, 5.74) is 6.87. The van der Waals surface area contributed by atoms with Crippen molar-refractivity contribution in [1.29, 1.82) is 0 Å². The van der Waals surface area contributed by atoms with Crippen LogP contribution in [-0.4, -0.2) is 14.1 Å². The predicted octanol–water partition coefficient (Wildman–Crippen LogP) is 6.73. The van der Waals surface area contributed by atoms with Crippen LogP contribution in [-0.2, 0) is 0 Å². The van der Waals surface area contributed by atoms with Gasteiger partial charge < -0.3 is 4.57 Å². The Labute approximate surface area is 181 Å². The molecule has 0 amide bonds. The molecule has 0 saturated carbocycles. The van der Waals surface area contributed by atoms with Gasteiger partial charge in [-0.3, -0.25) is 4.57 Å². The normalized spacial score (nSPS) is 11.6. The Morgan fingerprint density at radius 3 is 1.62 bits per heavy atom. The van der Waals surface area contributed by atoms with Crippen molar-refractivity contribution in [1.82, 2.24) is 14.1 Å². The van der Waals surface area contributed by atoms with Crippen molar-refractivity contribution in [3.05, 3.63) is 101 Å². The van der Waals surface area contributed by atoms with E-state index in [1.54, 1.807) is 0 Å². The molecule has 2 aromatic heterocycles. The number of fused-ring (bicyclic) bond motifs is 4. The van der Waals surface area contributed by atoms with E-state index >= 15 is 0 Å². The minimum Gasteiger partial charge on any atom is -0.309 e.